The average molecular weight is 274 g/mol. The Morgan fingerprint density at radius 3 is 2.60 bits per heavy atom. The molecule has 1 aliphatic carbocycles. The smallest absolute Gasteiger partial charge is 0.243 e. The number of hydrogen-bond donors (Lipinski definition) is 2. The molecule has 0 unspecified atom stereocenters. The number of hydrazone groups is 1. The van der Waals surface area contributed by atoms with Gasteiger partial charge in [-0.25, -0.2) is 15.4 Å². The van der Waals surface area contributed by atoms with Crippen LogP contribution >= 0.6 is 0 Å². The second-order valence-corrected chi connectivity index (χ2v) is 5.14. The minimum Gasteiger partial charge on any atom is -0.511 e. The summed E-state index contributed by atoms with van der Waals surface area (Å²) in [4.78, 5) is 20.1. The first-order valence-electron chi connectivity index (χ1n) is 6.52. The van der Waals surface area contributed by atoms with Crippen molar-refractivity contribution >= 4 is 17.9 Å². The first-order chi connectivity index (χ1) is 9.45. The van der Waals surface area contributed by atoms with E-state index in [0.717, 1.165) is 11.4 Å². The van der Waals surface area contributed by atoms with Crippen LogP contribution in [0.15, 0.2) is 22.5 Å². The van der Waals surface area contributed by atoms with E-state index < -0.39 is 0 Å². The van der Waals surface area contributed by atoms with E-state index in [1.54, 1.807) is 0 Å². The highest BCUT2D eigenvalue weighted by atomic mass is 16.3. The summed E-state index contributed by atoms with van der Waals surface area (Å²) in [7, 11) is 0. The van der Waals surface area contributed by atoms with Crippen molar-refractivity contribution in [2.75, 3.05) is 5.43 Å². The van der Waals surface area contributed by atoms with Crippen molar-refractivity contribution in [2.24, 2.45) is 11.0 Å². The molecule has 6 nitrogen and oxygen atoms in total. The summed E-state index contributed by atoms with van der Waals surface area (Å²) in [5, 5.41) is 13.7. The fourth-order valence-corrected chi connectivity index (χ4v) is 2.18. The van der Waals surface area contributed by atoms with Crippen LogP contribution in [-0.2, 0) is 4.79 Å². The number of nitrogens with one attached hydrogen (secondary N) is 1. The third-order valence-corrected chi connectivity index (χ3v) is 3.03. The third-order valence-electron chi connectivity index (χ3n) is 3.03. The molecule has 1 aliphatic rings. The summed E-state index contributed by atoms with van der Waals surface area (Å²) >= 11 is 0. The maximum Gasteiger partial charge on any atom is 0.243 e. The van der Waals surface area contributed by atoms with Gasteiger partial charge >= 0.3 is 0 Å². The zero-order chi connectivity index (χ0) is 14.7. The summed E-state index contributed by atoms with van der Waals surface area (Å²) in [6, 6.07) is 1.86. The summed E-state index contributed by atoms with van der Waals surface area (Å²) in [5.74, 6) is 0.555. The zero-order valence-electron chi connectivity index (χ0n) is 11.8. The van der Waals surface area contributed by atoms with E-state index in [9.17, 15) is 9.90 Å². The van der Waals surface area contributed by atoms with Crippen molar-refractivity contribution in [3.8, 4) is 0 Å². The summed E-state index contributed by atoms with van der Waals surface area (Å²) in [5.41, 5.74) is 4.61. The quantitative estimate of drug-likeness (QED) is 0.652. The van der Waals surface area contributed by atoms with Gasteiger partial charge in [0, 0.05) is 24.2 Å². The molecule has 2 rings (SSSR count). The lowest BCUT2D eigenvalue weighted by Gasteiger charge is -2.17. The molecule has 0 amide bonds. The first-order valence-corrected chi connectivity index (χ1v) is 6.52. The number of aryl methyl sites for hydroxylation is 2. The standard InChI is InChI=1S/C14H18N4O2/c1-8-4-12(19)11(13(20)5-8)7-15-18-14-16-9(2)6-10(3)17-14/h6-8,19H,4-5H2,1-3H3,(H,16,17,18)/b15-7+/t8-/m1/s1. The summed E-state index contributed by atoms with van der Waals surface area (Å²) < 4.78 is 0. The molecule has 1 aromatic heterocycles. The SMILES string of the molecule is Cc1cc(C)nc(N/N=C/C2=C(O)C[C@@H](C)CC2=O)n1. The van der Waals surface area contributed by atoms with E-state index >= 15 is 0 Å². The van der Waals surface area contributed by atoms with E-state index in [1.165, 1.54) is 6.21 Å². The number of ketones is 1. The van der Waals surface area contributed by atoms with E-state index in [4.69, 9.17) is 0 Å². The van der Waals surface area contributed by atoms with Crippen molar-refractivity contribution < 1.29 is 9.90 Å². The second kappa shape index (κ2) is 5.81. The highest BCUT2D eigenvalue weighted by Crippen LogP contribution is 2.23. The number of nitrogens with zero attached hydrogens (tertiary/aromatic N) is 3. The van der Waals surface area contributed by atoms with Gasteiger partial charge in [0.05, 0.1) is 11.8 Å². The number of Topliss-reactive ketones (excluding diaryl/α,β-unsaturated/α-hetero) is 1. The Kier molecular flexibility index (Phi) is 4.12. The lowest BCUT2D eigenvalue weighted by molar-refractivity contribution is -0.116. The number of anilines is 1. The predicted molar refractivity (Wildman–Crippen MR) is 76.7 cm³/mol. The Balaban J connectivity index is 2.10. The van der Waals surface area contributed by atoms with E-state index in [0.29, 0.717) is 18.8 Å². The maximum atomic E-state index is 11.8. The molecule has 0 radical (unpaired) electrons. The molecule has 0 aromatic carbocycles. The number of allylic oxidation sites excluding steroid dienone is 2. The molecule has 0 bridgehead atoms. The van der Waals surface area contributed by atoms with Crippen LogP contribution in [0.25, 0.3) is 0 Å². The summed E-state index contributed by atoms with van der Waals surface area (Å²) in [6.07, 6.45) is 2.28. The fraction of sp³-hybridized carbons (Fsp3) is 0.429. The molecule has 0 spiro atoms. The van der Waals surface area contributed by atoms with Crippen LogP contribution in [0.2, 0.25) is 0 Å². The van der Waals surface area contributed by atoms with Gasteiger partial charge in [-0.2, -0.15) is 5.10 Å². The molecule has 1 aromatic rings. The van der Waals surface area contributed by atoms with Gasteiger partial charge in [0.1, 0.15) is 5.76 Å². The number of carbonyl (C=O) groups excluding carboxylic acids is 1. The Hall–Kier alpha value is -2.24. The van der Waals surface area contributed by atoms with Gasteiger partial charge in [0.15, 0.2) is 5.78 Å². The second-order valence-electron chi connectivity index (χ2n) is 5.14. The summed E-state index contributed by atoms with van der Waals surface area (Å²) in [6.45, 7) is 5.66. The minimum absolute atomic E-state index is 0.0897. The highest BCUT2D eigenvalue weighted by molar-refractivity contribution is 6.14. The highest BCUT2D eigenvalue weighted by Gasteiger charge is 2.23. The monoisotopic (exact) mass is 274 g/mol. The lowest BCUT2D eigenvalue weighted by Crippen LogP contribution is -2.18. The number of rotatable bonds is 3. The van der Waals surface area contributed by atoms with Crippen molar-refractivity contribution in [1.82, 2.24) is 9.97 Å². The van der Waals surface area contributed by atoms with Crippen LogP contribution in [0.5, 0.6) is 0 Å². The molecule has 0 aliphatic heterocycles. The van der Waals surface area contributed by atoms with Gasteiger partial charge in [-0.05, 0) is 25.8 Å². The average Bonchev–Trinajstić information content (AvgIpc) is 2.31. The minimum atomic E-state index is -0.0897. The molecule has 0 saturated carbocycles. The van der Waals surface area contributed by atoms with E-state index in [-0.39, 0.29) is 23.0 Å². The van der Waals surface area contributed by atoms with Crippen LogP contribution in [0, 0.1) is 19.8 Å². The van der Waals surface area contributed by atoms with Crippen molar-refractivity contribution in [3.63, 3.8) is 0 Å². The molecule has 6 heteroatoms. The zero-order valence-corrected chi connectivity index (χ0v) is 11.8. The largest absolute Gasteiger partial charge is 0.511 e. The van der Waals surface area contributed by atoms with Crippen LogP contribution in [0.3, 0.4) is 0 Å². The Morgan fingerprint density at radius 2 is 2.00 bits per heavy atom. The number of aliphatic hydroxyl groups excluding tert-OH is 1. The number of carbonyl (C=O) groups is 1. The van der Waals surface area contributed by atoms with E-state index in [2.05, 4.69) is 20.5 Å². The molecule has 2 N–H and O–H groups in total. The molecule has 1 heterocycles. The molecular formula is C14H18N4O2. The van der Waals surface area contributed by atoms with Gasteiger partial charge in [-0.1, -0.05) is 6.92 Å². The van der Waals surface area contributed by atoms with Gasteiger partial charge in [-0.3, -0.25) is 4.79 Å². The van der Waals surface area contributed by atoms with Gasteiger partial charge in [0.25, 0.3) is 0 Å². The Morgan fingerprint density at radius 1 is 1.35 bits per heavy atom. The molecule has 106 valence electrons. The first kappa shape index (κ1) is 14.2. The third kappa shape index (κ3) is 3.40. The van der Waals surface area contributed by atoms with E-state index in [1.807, 2.05) is 26.8 Å². The van der Waals surface area contributed by atoms with Gasteiger partial charge in [0.2, 0.25) is 5.95 Å². The molecule has 0 fully saturated rings. The topological polar surface area (TPSA) is 87.5 Å². The fourth-order valence-electron chi connectivity index (χ4n) is 2.18. The van der Waals surface area contributed by atoms with Crippen molar-refractivity contribution in [2.45, 2.75) is 33.6 Å². The maximum absolute atomic E-state index is 11.8. The Labute approximate surface area is 117 Å². The van der Waals surface area contributed by atoms with Crippen molar-refractivity contribution in [3.05, 3.63) is 28.8 Å². The number of aliphatic hydroxyl groups is 1. The lowest BCUT2D eigenvalue weighted by atomic mass is 9.89. The molecule has 1 atom stereocenters. The van der Waals surface area contributed by atoms with Gasteiger partial charge in [-0.15, -0.1) is 0 Å². The van der Waals surface area contributed by atoms with Crippen LogP contribution in [0.4, 0.5) is 5.95 Å². The Bertz CT molecular complexity index is 573. The molecule has 20 heavy (non-hydrogen) atoms. The predicted octanol–water partition coefficient (Wildman–Crippen LogP) is 2.30. The number of hydrogen-bond acceptors (Lipinski definition) is 6. The van der Waals surface area contributed by atoms with Crippen LogP contribution in [-0.4, -0.2) is 27.1 Å². The normalized spacial score (nSPS) is 19.8. The number of aromatic nitrogens is 2. The molecule has 0 saturated heterocycles. The molecular weight excluding hydrogens is 256 g/mol. The van der Waals surface area contributed by atoms with Crippen LogP contribution in [0.1, 0.15) is 31.2 Å². The van der Waals surface area contributed by atoms with Gasteiger partial charge < -0.3 is 5.11 Å². The van der Waals surface area contributed by atoms with Crippen molar-refractivity contribution in [1.29, 1.82) is 0 Å². The van der Waals surface area contributed by atoms with Crippen LogP contribution < -0.4 is 5.43 Å².